The lowest BCUT2D eigenvalue weighted by Crippen LogP contribution is -2.34. The van der Waals surface area contributed by atoms with E-state index in [9.17, 15) is 4.79 Å². The summed E-state index contributed by atoms with van der Waals surface area (Å²) >= 11 is 0. The summed E-state index contributed by atoms with van der Waals surface area (Å²) < 4.78 is 5.92. The molecule has 1 aromatic heterocycles. The standard InChI is InChI=1S/C21H20N2O2/c1-14(15-11-12-15)23-20(24)17-9-5-6-10-18(17)21-22-13-19(25-21)16-7-3-2-4-8-16/h2-10,13-15H,11-12H2,1H3,(H,23,24). The second-order valence-electron chi connectivity index (χ2n) is 6.54. The number of hydrogen-bond donors (Lipinski definition) is 1. The molecular formula is C21H20N2O2. The van der Waals surface area contributed by atoms with Gasteiger partial charge in [0, 0.05) is 17.2 Å². The van der Waals surface area contributed by atoms with Crippen LogP contribution in [0.5, 0.6) is 0 Å². The number of amides is 1. The minimum absolute atomic E-state index is 0.0746. The average molecular weight is 332 g/mol. The largest absolute Gasteiger partial charge is 0.436 e. The minimum Gasteiger partial charge on any atom is -0.436 e. The fraction of sp³-hybridized carbons (Fsp3) is 0.238. The van der Waals surface area contributed by atoms with Crippen LogP contribution in [0, 0.1) is 5.92 Å². The molecule has 1 amide bonds. The number of aromatic nitrogens is 1. The van der Waals surface area contributed by atoms with E-state index in [2.05, 4.69) is 17.2 Å². The first kappa shape index (κ1) is 15.6. The third-order valence-corrected chi connectivity index (χ3v) is 4.65. The molecule has 1 atom stereocenters. The number of oxazole rings is 1. The van der Waals surface area contributed by atoms with Gasteiger partial charge in [-0.1, -0.05) is 42.5 Å². The Morgan fingerprint density at radius 1 is 1.12 bits per heavy atom. The van der Waals surface area contributed by atoms with Crippen LogP contribution < -0.4 is 5.32 Å². The maximum absolute atomic E-state index is 12.7. The van der Waals surface area contributed by atoms with Gasteiger partial charge in [0.1, 0.15) is 0 Å². The van der Waals surface area contributed by atoms with Crippen LogP contribution in [0.3, 0.4) is 0 Å². The molecule has 1 heterocycles. The number of hydrogen-bond acceptors (Lipinski definition) is 3. The van der Waals surface area contributed by atoms with Gasteiger partial charge in [0.15, 0.2) is 5.76 Å². The van der Waals surface area contributed by atoms with E-state index < -0.39 is 0 Å². The number of nitrogens with one attached hydrogen (secondary N) is 1. The summed E-state index contributed by atoms with van der Waals surface area (Å²) in [7, 11) is 0. The van der Waals surface area contributed by atoms with E-state index in [1.165, 1.54) is 12.8 Å². The molecule has 25 heavy (non-hydrogen) atoms. The quantitative estimate of drug-likeness (QED) is 0.746. The summed E-state index contributed by atoms with van der Waals surface area (Å²) in [5.41, 5.74) is 2.27. The number of nitrogens with zero attached hydrogens (tertiary/aromatic N) is 1. The summed E-state index contributed by atoms with van der Waals surface area (Å²) in [4.78, 5) is 17.1. The fourth-order valence-corrected chi connectivity index (χ4v) is 3.00. The molecule has 1 unspecified atom stereocenters. The van der Waals surface area contributed by atoms with Crippen molar-refractivity contribution in [3.05, 3.63) is 66.4 Å². The first-order chi connectivity index (χ1) is 12.2. The highest BCUT2D eigenvalue weighted by Gasteiger charge is 2.29. The van der Waals surface area contributed by atoms with Gasteiger partial charge in [-0.2, -0.15) is 0 Å². The van der Waals surface area contributed by atoms with E-state index in [4.69, 9.17) is 4.42 Å². The van der Waals surface area contributed by atoms with Gasteiger partial charge in [0.25, 0.3) is 5.91 Å². The van der Waals surface area contributed by atoms with Crippen LogP contribution in [-0.4, -0.2) is 16.9 Å². The normalized spacial score (nSPS) is 14.9. The van der Waals surface area contributed by atoms with Crippen molar-refractivity contribution in [3.8, 4) is 22.8 Å². The molecule has 4 nitrogen and oxygen atoms in total. The lowest BCUT2D eigenvalue weighted by atomic mass is 10.1. The monoisotopic (exact) mass is 332 g/mol. The van der Waals surface area contributed by atoms with Gasteiger partial charge < -0.3 is 9.73 Å². The van der Waals surface area contributed by atoms with Gasteiger partial charge in [-0.05, 0) is 37.8 Å². The maximum atomic E-state index is 12.7. The molecule has 3 aromatic rings. The predicted molar refractivity (Wildman–Crippen MR) is 97.0 cm³/mol. The van der Waals surface area contributed by atoms with Crippen molar-refractivity contribution in [1.82, 2.24) is 10.3 Å². The van der Waals surface area contributed by atoms with Crippen LogP contribution in [0.1, 0.15) is 30.1 Å². The van der Waals surface area contributed by atoms with E-state index in [0.29, 0.717) is 28.7 Å². The molecule has 126 valence electrons. The molecule has 0 saturated heterocycles. The fourth-order valence-electron chi connectivity index (χ4n) is 3.00. The van der Waals surface area contributed by atoms with Gasteiger partial charge in [-0.25, -0.2) is 4.98 Å². The summed E-state index contributed by atoms with van der Waals surface area (Å²) in [6.07, 6.45) is 4.10. The zero-order valence-electron chi connectivity index (χ0n) is 14.1. The highest BCUT2D eigenvalue weighted by Crippen LogP contribution is 2.33. The van der Waals surface area contributed by atoms with E-state index in [0.717, 1.165) is 5.56 Å². The molecule has 0 spiro atoms. The Bertz CT molecular complexity index is 882. The molecule has 0 radical (unpaired) electrons. The molecule has 4 rings (SSSR count). The number of benzene rings is 2. The summed E-state index contributed by atoms with van der Waals surface area (Å²) in [5.74, 6) is 1.69. The van der Waals surface area contributed by atoms with Crippen molar-refractivity contribution < 1.29 is 9.21 Å². The van der Waals surface area contributed by atoms with Crippen molar-refractivity contribution in [2.24, 2.45) is 5.92 Å². The van der Waals surface area contributed by atoms with E-state index in [-0.39, 0.29) is 11.9 Å². The van der Waals surface area contributed by atoms with Crippen LogP contribution in [-0.2, 0) is 0 Å². The zero-order valence-corrected chi connectivity index (χ0v) is 14.1. The Kier molecular flexibility index (Phi) is 4.10. The van der Waals surface area contributed by atoms with Gasteiger partial charge in [-0.15, -0.1) is 0 Å². The third kappa shape index (κ3) is 3.33. The number of rotatable bonds is 5. The molecule has 4 heteroatoms. The molecule has 1 fully saturated rings. The number of carbonyl (C=O) groups is 1. The topological polar surface area (TPSA) is 55.1 Å². The molecule has 1 aliphatic carbocycles. The Hall–Kier alpha value is -2.88. The summed E-state index contributed by atoms with van der Waals surface area (Å²) in [6.45, 7) is 2.07. The van der Waals surface area contributed by atoms with E-state index in [1.807, 2.05) is 54.6 Å². The van der Waals surface area contributed by atoms with Crippen molar-refractivity contribution in [2.45, 2.75) is 25.8 Å². The first-order valence-corrected chi connectivity index (χ1v) is 8.64. The molecule has 2 aromatic carbocycles. The van der Waals surface area contributed by atoms with Gasteiger partial charge in [-0.3, -0.25) is 4.79 Å². The number of carbonyl (C=O) groups excluding carboxylic acids is 1. The molecule has 0 aliphatic heterocycles. The smallest absolute Gasteiger partial charge is 0.252 e. The SMILES string of the molecule is CC(NC(=O)c1ccccc1-c1ncc(-c2ccccc2)o1)C1CC1. The molecule has 1 N–H and O–H groups in total. The predicted octanol–water partition coefficient (Wildman–Crippen LogP) is 4.54. The highest BCUT2D eigenvalue weighted by atomic mass is 16.4. The van der Waals surface area contributed by atoms with E-state index >= 15 is 0 Å². The molecular weight excluding hydrogens is 312 g/mol. The lowest BCUT2D eigenvalue weighted by Gasteiger charge is -2.14. The Balaban J connectivity index is 1.62. The second-order valence-corrected chi connectivity index (χ2v) is 6.54. The molecule has 1 saturated carbocycles. The zero-order chi connectivity index (χ0) is 17.2. The van der Waals surface area contributed by atoms with Crippen molar-refractivity contribution in [3.63, 3.8) is 0 Å². The maximum Gasteiger partial charge on any atom is 0.252 e. The van der Waals surface area contributed by atoms with Crippen molar-refractivity contribution in [2.75, 3.05) is 0 Å². The van der Waals surface area contributed by atoms with E-state index in [1.54, 1.807) is 6.20 Å². The van der Waals surface area contributed by atoms with Crippen LogP contribution in [0.4, 0.5) is 0 Å². The average Bonchev–Trinajstić information content (AvgIpc) is 3.39. The Labute approximate surface area is 146 Å². The van der Waals surface area contributed by atoms with Gasteiger partial charge in [0.2, 0.25) is 5.89 Å². The van der Waals surface area contributed by atoms with Crippen LogP contribution in [0.15, 0.2) is 65.2 Å². The molecule has 0 bridgehead atoms. The van der Waals surface area contributed by atoms with Crippen LogP contribution in [0.2, 0.25) is 0 Å². The summed E-state index contributed by atoms with van der Waals surface area (Å²) in [5, 5.41) is 3.10. The minimum atomic E-state index is -0.0746. The van der Waals surface area contributed by atoms with Crippen LogP contribution in [0.25, 0.3) is 22.8 Å². The van der Waals surface area contributed by atoms with Gasteiger partial charge in [0.05, 0.1) is 11.8 Å². The van der Waals surface area contributed by atoms with Crippen molar-refractivity contribution in [1.29, 1.82) is 0 Å². The summed E-state index contributed by atoms with van der Waals surface area (Å²) in [6, 6.07) is 17.5. The molecule has 1 aliphatic rings. The Morgan fingerprint density at radius 3 is 2.60 bits per heavy atom. The van der Waals surface area contributed by atoms with Crippen molar-refractivity contribution >= 4 is 5.91 Å². The Morgan fingerprint density at radius 2 is 1.84 bits per heavy atom. The van der Waals surface area contributed by atoms with Crippen LogP contribution >= 0.6 is 0 Å². The third-order valence-electron chi connectivity index (χ3n) is 4.65. The highest BCUT2D eigenvalue weighted by molar-refractivity contribution is 6.00. The lowest BCUT2D eigenvalue weighted by molar-refractivity contribution is 0.0936. The first-order valence-electron chi connectivity index (χ1n) is 8.64. The second kappa shape index (κ2) is 6.55. The van der Waals surface area contributed by atoms with Gasteiger partial charge >= 0.3 is 0 Å².